The fourth-order valence-corrected chi connectivity index (χ4v) is 1.66. The molecule has 0 saturated carbocycles. The second kappa shape index (κ2) is 7.48. The van der Waals surface area contributed by atoms with Crippen LogP contribution in [0.25, 0.3) is 0 Å². The van der Waals surface area contributed by atoms with Gasteiger partial charge in [-0.15, -0.1) is 0 Å². The Labute approximate surface area is 113 Å². The van der Waals surface area contributed by atoms with E-state index in [1.807, 2.05) is 19.2 Å². The monoisotopic (exact) mass is 267 g/mol. The number of methoxy groups -OCH3 is 2. The minimum atomic E-state index is -0.0743. The molecule has 1 aromatic rings. The number of ether oxygens (including phenoxy) is 2. The van der Waals surface area contributed by atoms with E-state index in [-0.39, 0.29) is 12.5 Å². The van der Waals surface area contributed by atoms with E-state index in [2.05, 4.69) is 5.32 Å². The molecule has 0 atom stereocenters. The number of likely N-dealkylation sites (N-methyl/N-ethyl adjacent to an activating group) is 1. The molecule has 106 valence electrons. The molecule has 3 N–H and O–H groups in total. The third kappa shape index (κ3) is 4.67. The van der Waals surface area contributed by atoms with Gasteiger partial charge in [0, 0.05) is 26.8 Å². The molecule has 0 bridgehead atoms. The van der Waals surface area contributed by atoms with Crippen molar-refractivity contribution in [2.24, 2.45) is 0 Å². The highest BCUT2D eigenvalue weighted by Gasteiger charge is 2.10. The second-order valence-corrected chi connectivity index (χ2v) is 4.12. The summed E-state index contributed by atoms with van der Waals surface area (Å²) in [7, 11) is 4.99. The topological polar surface area (TPSA) is 76.8 Å². The molecule has 0 unspecified atom stereocenters. The minimum Gasteiger partial charge on any atom is -0.497 e. The van der Waals surface area contributed by atoms with Crippen LogP contribution in [0.1, 0.15) is 0 Å². The first-order chi connectivity index (χ1) is 9.08. The lowest BCUT2D eigenvalue weighted by molar-refractivity contribution is -0.119. The van der Waals surface area contributed by atoms with E-state index < -0.39 is 0 Å². The highest BCUT2D eigenvalue weighted by Crippen LogP contribution is 2.26. The Hall–Kier alpha value is -1.95. The number of amides is 1. The first-order valence-corrected chi connectivity index (χ1v) is 5.98. The van der Waals surface area contributed by atoms with Crippen LogP contribution >= 0.6 is 0 Å². The average molecular weight is 267 g/mol. The molecular formula is C13H21N3O3. The van der Waals surface area contributed by atoms with E-state index in [1.165, 1.54) is 0 Å². The summed E-state index contributed by atoms with van der Waals surface area (Å²) in [5.41, 5.74) is 7.29. The summed E-state index contributed by atoms with van der Waals surface area (Å²) in [5, 5.41) is 2.76. The summed E-state index contributed by atoms with van der Waals surface area (Å²) in [5.74, 6) is 0.619. The summed E-state index contributed by atoms with van der Waals surface area (Å²) in [4.78, 5) is 13.5. The van der Waals surface area contributed by atoms with E-state index in [1.54, 1.807) is 25.2 Å². The predicted octanol–water partition coefficient (Wildman–Crippen LogP) is 0.476. The van der Waals surface area contributed by atoms with Crippen LogP contribution in [0.15, 0.2) is 18.2 Å². The van der Waals surface area contributed by atoms with Crippen LogP contribution in [0, 0.1) is 0 Å². The maximum Gasteiger partial charge on any atom is 0.239 e. The SMILES string of the molecule is COCCNC(=O)CN(C)c1ccc(OC)cc1N. The number of nitrogens with one attached hydrogen (secondary N) is 1. The largest absolute Gasteiger partial charge is 0.497 e. The first kappa shape index (κ1) is 15.1. The summed E-state index contributed by atoms with van der Waals surface area (Å²) in [6.45, 7) is 1.24. The quantitative estimate of drug-likeness (QED) is 0.555. The van der Waals surface area contributed by atoms with Gasteiger partial charge in [0.25, 0.3) is 0 Å². The van der Waals surface area contributed by atoms with Crippen molar-refractivity contribution in [1.82, 2.24) is 5.32 Å². The standard InChI is InChI=1S/C13H21N3O3/c1-16(9-13(17)15-6-7-18-2)12-5-4-10(19-3)8-11(12)14/h4-5,8H,6-7,9,14H2,1-3H3,(H,15,17). The summed E-state index contributed by atoms with van der Waals surface area (Å²) < 4.78 is 9.95. The molecule has 0 heterocycles. The van der Waals surface area contributed by atoms with Crippen molar-refractivity contribution in [2.75, 3.05) is 51.6 Å². The maximum absolute atomic E-state index is 11.7. The van der Waals surface area contributed by atoms with Crippen LogP contribution in [0.4, 0.5) is 11.4 Å². The van der Waals surface area contributed by atoms with Crippen LogP contribution < -0.4 is 20.7 Å². The second-order valence-electron chi connectivity index (χ2n) is 4.12. The molecular weight excluding hydrogens is 246 g/mol. The number of nitrogen functional groups attached to an aromatic ring is 1. The lowest BCUT2D eigenvalue weighted by Crippen LogP contribution is -2.36. The van der Waals surface area contributed by atoms with Crippen LogP contribution in [0.2, 0.25) is 0 Å². The predicted molar refractivity (Wildman–Crippen MR) is 75.6 cm³/mol. The third-order valence-corrected chi connectivity index (χ3v) is 2.66. The van der Waals surface area contributed by atoms with E-state index >= 15 is 0 Å². The van der Waals surface area contributed by atoms with Crippen LogP contribution in [-0.2, 0) is 9.53 Å². The van der Waals surface area contributed by atoms with Gasteiger partial charge in [0.1, 0.15) is 5.75 Å². The zero-order valence-electron chi connectivity index (χ0n) is 11.6. The zero-order valence-corrected chi connectivity index (χ0v) is 11.6. The number of carbonyl (C=O) groups excluding carboxylic acids is 1. The molecule has 0 saturated heterocycles. The van der Waals surface area contributed by atoms with Gasteiger partial charge in [0.05, 0.1) is 31.6 Å². The van der Waals surface area contributed by atoms with Crippen LogP contribution in [0.5, 0.6) is 5.75 Å². The number of rotatable bonds is 7. The van der Waals surface area contributed by atoms with E-state index in [0.717, 1.165) is 5.69 Å². The molecule has 6 heteroatoms. The Kier molecular flexibility index (Phi) is 5.95. The Morgan fingerprint density at radius 1 is 1.42 bits per heavy atom. The smallest absolute Gasteiger partial charge is 0.239 e. The van der Waals surface area contributed by atoms with Crippen LogP contribution in [-0.4, -0.2) is 46.9 Å². The van der Waals surface area contributed by atoms with Crippen molar-refractivity contribution in [3.63, 3.8) is 0 Å². The molecule has 0 aromatic heterocycles. The van der Waals surface area contributed by atoms with Crippen molar-refractivity contribution in [2.45, 2.75) is 0 Å². The third-order valence-electron chi connectivity index (χ3n) is 2.66. The minimum absolute atomic E-state index is 0.0743. The molecule has 1 rings (SSSR count). The zero-order chi connectivity index (χ0) is 14.3. The number of hydrogen-bond donors (Lipinski definition) is 2. The van der Waals surface area contributed by atoms with E-state index in [4.69, 9.17) is 15.2 Å². The van der Waals surface area contributed by atoms with Gasteiger partial charge in [-0.3, -0.25) is 4.79 Å². The Morgan fingerprint density at radius 3 is 2.74 bits per heavy atom. The normalized spacial score (nSPS) is 10.1. The number of carbonyl (C=O) groups is 1. The molecule has 6 nitrogen and oxygen atoms in total. The highest BCUT2D eigenvalue weighted by atomic mass is 16.5. The number of hydrogen-bond acceptors (Lipinski definition) is 5. The number of anilines is 2. The molecule has 0 aliphatic rings. The van der Waals surface area contributed by atoms with Gasteiger partial charge in [0.2, 0.25) is 5.91 Å². The molecule has 19 heavy (non-hydrogen) atoms. The van der Waals surface area contributed by atoms with Gasteiger partial charge in [-0.25, -0.2) is 0 Å². The highest BCUT2D eigenvalue weighted by molar-refractivity contribution is 5.83. The van der Waals surface area contributed by atoms with Crippen molar-refractivity contribution >= 4 is 17.3 Å². The van der Waals surface area contributed by atoms with Gasteiger partial charge >= 0.3 is 0 Å². The molecule has 0 aliphatic carbocycles. The number of benzene rings is 1. The van der Waals surface area contributed by atoms with Crippen molar-refractivity contribution < 1.29 is 14.3 Å². The maximum atomic E-state index is 11.7. The lowest BCUT2D eigenvalue weighted by atomic mass is 10.2. The fraction of sp³-hybridized carbons (Fsp3) is 0.462. The summed E-state index contributed by atoms with van der Waals surface area (Å²) >= 11 is 0. The Balaban J connectivity index is 2.57. The average Bonchev–Trinajstić information content (AvgIpc) is 2.38. The van der Waals surface area contributed by atoms with Gasteiger partial charge in [-0.05, 0) is 12.1 Å². The van der Waals surface area contributed by atoms with Crippen molar-refractivity contribution in [1.29, 1.82) is 0 Å². The van der Waals surface area contributed by atoms with Crippen molar-refractivity contribution in [3.05, 3.63) is 18.2 Å². The molecule has 1 aromatic carbocycles. The molecule has 0 radical (unpaired) electrons. The summed E-state index contributed by atoms with van der Waals surface area (Å²) in [6, 6.07) is 5.37. The Bertz CT molecular complexity index is 424. The molecule has 0 aliphatic heterocycles. The first-order valence-electron chi connectivity index (χ1n) is 5.98. The van der Waals surface area contributed by atoms with Gasteiger partial charge in [0.15, 0.2) is 0 Å². The molecule has 1 amide bonds. The summed E-state index contributed by atoms with van der Waals surface area (Å²) in [6.07, 6.45) is 0. The fourth-order valence-electron chi connectivity index (χ4n) is 1.66. The number of nitrogens with two attached hydrogens (primary N) is 1. The molecule has 0 spiro atoms. The lowest BCUT2D eigenvalue weighted by Gasteiger charge is -2.21. The number of nitrogens with zero attached hydrogens (tertiary/aromatic N) is 1. The Morgan fingerprint density at radius 2 is 2.16 bits per heavy atom. The van der Waals surface area contributed by atoms with E-state index in [9.17, 15) is 4.79 Å². The van der Waals surface area contributed by atoms with Crippen molar-refractivity contribution in [3.8, 4) is 5.75 Å². The van der Waals surface area contributed by atoms with E-state index in [0.29, 0.717) is 24.6 Å². The van der Waals surface area contributed by atoms with Crippen LogP contribution in [0.3, 0.4) is 0 Å². The van der Waals surface area contributed by atoms with Gasteiger partial charge < -0.3 is 25.4 Å². The van der Waals surface area contributed by atoms with Gasteiger partial charge in [-0.1, -0.05) is 0 Å². The molecule has 0 fully saturated rings. The van der Waals surface area contributed by atoms with Gasteiger partial charge in [-0.2, -0.15) is 0 Å².